The first kappa shape index (κ1) is 21.0. The van der Waals surface area contributed by atoms with Gasteiger partial charge >= 0.3 is 11.9 Å². The van der Waals surface area contributed by atoms with Crippen LogP contribution in [0.25, 0.3) is 0 Å². The fourth-order valence-electron chi connectivity index (χ4n) is 4.05. The number of hydrogen-bond donors (Lipinski definition) is 1. The lowest BCUT2D eigenvalue weighted by Crippen LogP contribution is -2.55. The second-order valence-electron chi connectivity index (χ2n) is 7.03. The zero-order chi connectivity index (χ0) is 21.0. The van der Waals surface area contributed by atoms with Gasteiger partial charge in [0.2, 0.25) is 0 Å². The summed E-state index contributed by atoms with van der Waals surface area (Å²) < 4.78 is 10.8. The van der Waals surface area contributed by atoms with Gasteiger partial charge in [-0.15, -0.1) is 11.3 Å². The zero-order valence-corrected chi connectivity index (χ0v) is 17.9. The molecule has 3 atom stereocenters. The van der Waals surface area contributed by atoms with Crippen molar-refractivity contribution in [3.8, 4) is 0 Å². The number of hydrogen-bond acceptors (Lipinski definition) is 7. The topological polar surface area (TPSA) is 77.5 Å². The van der Waals surface area contributed by atoms with Crippen LogP contribution in [0.3, 0.4) is 0 Å². The molecule has 3 rings (SSSR count). The standard InChI is InChI=1S/C22H26N2O4S/c1-5-27-20(25)16-14(3)24-22(4,15-10-8-7-9-11-15)18(21(26)28-6-2)17(16)19-23-12-13-29-19/h7-13,17-18,24H,5-6H2,1-4H3. The fourth-order valence-corrected chi connectivity index (χ4v) is 4.83. The van der Waals surface area contributed by atoms with Crippen molar-refractivity contribution in [1.82, 2.24) is 10.3 Å². The minimum absolute atomic E-state index is 0.250. The Bertz CT molecular complexity index is 895. The summed E-state index contributed by atoms with van der Waals surface area (Å²) in [5, 5.41) is 5.97. The van der Waals surface area contributed by atoms with Crippen LogP contribution < -0.4 is 5.32 Å². The summed E-state index contributed by atoms with van der Waals surface area (Å²) in [5.74, 6) is -2.08. The third-order valence-electron chi connectivity index (χ3n) is 5.24. The Hall–Kier alpha value is -2.67. The number of carbonyl (C=O) groups excluding carboxylic acids is 2. The molecular weight excluding hydrogens is 388 g/mol. The summed E-state index contributed by atoms with van der Waals surface area (Å²) in [4.78, 5) is 30.6. The van der Waals surface area contributed by atoms with E-state index in [0.717, 1.165) is 5.56 Å². The van der Waals surface area contributed by atoms with E-state index in [1.54, 1.807) is 20.0 Å². The van der Waals surface area contributed by atoms with Gasteiger partial charge in [0.15, 0.2) is 0 Å². The first-order valence-corrected chi connectivity index (χ1v) is 10.6. The highest BCUT2D eigenvalue weighted by Gasteiger charge is 2.53. The summed E-state index contributed by atoms with van der Waals surface area (Å²) in [5.41, 5.74) is 1.25. The van der Waals surface area contributed by atoms with E-state index in [2.05, 4.69) is 10.3 Å². The lowest BCUT2D eigenvalue weighted by Gasteiger charge is -2.46. The molecular formula is C22H26N2O4S. The maximum atomic E-state index is 13.3. The highest BCUT2D eigenvalue weighted by Crippen LogP contribution is 2.48. The molecule has 0 amide bonds. The number of esters is 2. The SMILES string of the molecule is CCOC(=O)C1=C(C)NC(C)(c2ccccc2)C(C(=O)OCC)C1c1nccs1. The van der Waals surface area contributed by atoms with Crippen LogP contribution in [-0.4, -0.2) is 30.1 Å². The van der Waals surface area contributed by atoms with Crippen LogP contribution in [0.5, 0.6) is 0 Å². The molecule has 6 nitrogen and oxygen atoms in total. The Morgan fingerprint density at radius 1 is 1.17 bits per heavy atom. The van der Waals surface area contributed by atoms with E-state index in [9.17, 15) is 9.59 Å². The van der Waals surface area contributed by atoms with Gasteiger partial charge in [-0.05, 0) is 33.3 Å². The molecule has 0 saturated heterocycles. The number of nitrogens with zero attached hydrogens (tertiary/aromatic N) is 1. The third-order valence-corrected chi connectivity index (χ3v) is 6.10. The first-order valence-electron chi connectivity index (χ1n) is 9.71. The second kappa shape index (κ2) is 8.78. The second-order valence-corrected chi connectivity index (χ2v) is 7.96. The molecule has 0 saturated carbocycles. The zero-order valence-electron chi connectivity index (χ0n) is 17.1. The Morgan fingerprint density at radius 3 is 2.45 bits per heavy atom. The van der Waals surface area contributed by atoms with Gasteiger partial charge in [0.25, 0.3) is 0 Å². The van der Waals surface area contributed by atoms with Gasteiger partial charge in [0.1, 0.15) is 5.01 Å². The molecule has 2 heterocycles. The number of allylic oxidation sites excluding steroid dienone is 1. The van der Waals surface area contributed by atoms with Crippen LogP contribution in [-0.2, 0) is 24.6 Å². The van der Waals surface area contributed by atoms with Crippen molar-refractivity contribution in [3.05, 3.63) is 63.7 Å². The van der Waals surface area contributed by atoms with Gasteiger partial charge < -0.3 is 14.8 Å². The smallest absolute Gasteiger partial charge is 0.336 e. The van der Waals surface area contributed by atoms with E-state index in [0.29, 0.717) is 16.3 Å². The number of nitrogens with one attached hydrogen (secondary N) is 1. The van der Waals surface area contributed by atoms with Crippen LogP contribution in [0.1, 0.15) is 44.2 Å². The lowest BCUT2D eigenvalue weighted by molar-refractivity contribution is -0.152. The normalized spacial score (nSPS) is 24.0. The molecule has 154 valence electrons. The van der Waals surface area contributed by atoms with Gasteiger partial charge in [0.05, 0.1) is 36.2 Å². The van der Waals surface area contributed by atoms with E-state index in [1.807, 2.05) is 49.6 Å². The van der Waals surface area contributed by atoms with Crippen LogP contribution in [0.2, 0.25) is 0 Å². The predicted octanol–water partition coefficient (Wildman–Crippen LogP) is 3.76. The average Bonchev–Trinajstić information content (AvgIpc) is 3.23. The maximum Gasteiger partial charge on any atom is 0.336 e. The largest absolute Gasteiger partial charge is 0.466 e. The summed E-state index contributed by atoms with van der Waals surface area (Å²) in [7, 11) is 0. The van der Waals surface area contributed by atoms with Crippen molar-refractivity contribution in [2.75, 3.05) is 13.2 Å². The number of ether oxygens (including phenoxy) is 2. The first-order chi connectivity index (χ1) is 13.9. The van der Waals surface area contributed by atoms with E-state index in [1.165, 1.54) is 11.3 Å². The monoisotopic (exact) mass is 414 g/mol. The van der Waals surface area contributed by atoms with Gasteiger partial charge in [0, 0.05) is 17.3 Å². The molecule has 1 aliphatic rings. The minimum atomic E-state index is -0.788. The average molecular weight is 415 g/mol. The van der Waals surface area contributed by atoms with Crippen molar-refractivity contribution >= 4 is 23.3 Å². The Balaban J connectivity index is 2.25. The fraction of sp³-hybridized carbons (Fsp3) is 0.409. The van der Waals surface area contributed by atoms with Crippen molar-refractivity contribution in [1.29, 1.82) is 0 Å². The van der Waals surface area contributed by atoms with Crippen LogP contribution in [0, 0.1) is 5.92 Å². The van der Waals surface area contributed by atoms with Gasteiger partial charge in [-0.2, -0.15) is 0 Å². The van der Waals surface area contributed by atoms with Crippen molar-refractivity contribution in [2.24, 2.45) is 5.92 Å². The van der Waals surface area contributed by atoms with E-state index >= 15 is 0 Å². The van der Waals surface area contributed by atoms with Crippen molar-refractivity contribution in [2.45, 2.75) is 39.2 Å². The van der Waals surface area contributed by atoms with Gasteiger partial charge in [-0.1, -0.05) is 30.3 Å². The number of benzene rings is 1. The van der Waals surface area contributed by atoms with Gasteiger partial charge in [-0.3, -0.25) is 4.79 Å². The third kappa shape index (κ3) is 3.92. The molecule has 0 aliphatic carbocycles. The molecule has 1 aromatic carbocycles. The van der Waals surface area contributed by atoms with Crippen LogP contribution in [0.4, 0.5) is 0 Å². The highest BCUT2D eigenvalue weighted by molar-refractivity contribution is 7.09. The summed E-state index contributed by atoms with van der Waals surface area (Å²) in [6, 6.07) is 9.74. The molecule has 0 radical (unpaired) electrons. The molecule has 7 heteroatoms. The molecule has 1 N–H and O–H groups in total. The molecule has 1 aromatic heterocycles. The summed E-state index contributed by atoms with van der Waals surface area (Å²) >= 11 is 1.42. The van der Waals surface area contributed by atoms with E-state index in [-0.39, 0.29) is 19.2 Å². The summed E-state index contributed by atoms with van der Waals surface area (Å²) in [6.45, 7) is 7.85. The van der Waals surface area contributed by atoms with Crippen molar-refractivity contribution < 1.29 is 19.1 Å². The molecule has 29 heavy (non-hydrogen) atoms. The molecule has 0 spiro atoms. The van der Waals surface area contributed by atoms with Gasteiger partial charge in [-0.25, -0.2) is 9.78 Å². The predicted molar refractivity (Wildman–Crippen MR) is 111 cm³/mol. The molecule has 0 bridgehead atoms. The van der Waals surface area contributed by atoms with E-state index in [4.69, 9.17) is 9.47 Å². The maximum absolute atomic E-state index is 13.3. The Labute approximate surface area is 174 Å². The highest BCUT2D eigenvalue weighted by atomic mass is 32.1. The van der Waals surface area contributed by atoms with E-state index < -0.39 is 23.3 Å². The quantitative estimate of drug-likeness (QED) is 0.725. The van der Waals surface area contributed by atoms with Crippen LogP contribution >= 0.6 is 11.3 Å². The number of carbonyl (C=O) groups is 2. The Morgan fingerprint density at radius 2 is 1.86 bits per heavy atom. The van der Waals surface area contributed by atoms with Crippen LogP contribution in [0.15, 0.2) is 53.2 Å². The molecule has 3 unspecified atom stereocenters. The molecule has 2 aromatic rings. The number of aromatic nitrogens is 1. The molecule has 0 fully saturated rings. The lowest BCUT2D eigenvalue weighted by atomic mass is 9.67. The number of rotatable bonds is 6. The number of thiazole rings is 1. The molecule has 1 aliphatic heterocycles. The van der Waals surface area contributed by atoms with Crippen molar-refractivity contribution in [3.63, 3.8) is 0 Å². The summed E-state index contributed by atoms with van der Waals surface area (Å²) in [6.07, 6.45) is 1.68. The Kier molecular flexibility index (Phi) is 6.37. The minimum Gasteiger partial charge on any atom is -0.466 e.